The van der Waals surface area contributed by atoms with Gasteiger partial charge in [0.25, 0.3) is 38.9 Å². The van der Waals surface area contributed by atoms with Crippen LogP contribution >= 0.6 is 22.7 Å². The second kappa shape index (κ2) is 48.9. The quantitative estimate of drug-likeness (QED) is 0.0542. The molecule has 0 atom stereocenters. The zero-order valence-corrected chi connectivity index (χ0v) is 80.2. The second-order valence-electron chi connectivity index (χ2n) is 31.9. The topological polar surface area (TPSA) is 453 Å². The van der Waals surface area contributed by atoms with Crippen LogP contribution in [0.3, 0.4) is 0 Å². The van der Waals surface area contributed by atoms with Crippen molar-refractivity contribution < 1.29 is 8.83 Å². The molecule has 730 valence electrons. The molecule has 24 aromatic rings. The molecule has 21 heterocycles. The summed E-state index contributed by atoms with van der Waals surface area (Å²) in [5, 5.41) is 39.9. The predicted octanol–water partition coefficient (Wildman–Crippen LogP) is 14.0. The van der Waals surface area contributed by atoms with Gasteiger partial charge >= 0.3 is 0 Å². The lowest BCUT2D eigenvalue weighted by atomic mass is 10.2. The molecule has 0 bridgehead atoms. The first kappa shape index (κ1) is 98.2. The van der Waals surface area contributed by atoms with Gasteiger partial charge in [-0.15, -0.1) is 22.7 Å². The highest BCUT2D eigenvalue weighted by molar-refractivity contribution is 7.09. The fourth-order valence-corrected chi connectivity index (χ4v) is 16.0. The van der Waals surface area contributed by atoms with Crippen LogP contribution in [-0.2, 0) is 65.4 Å². The van der Waals surface area contributed by atoms with Gasteiger partial charge in [0.05, 0.1) is 126 Å². The van der Waals surface area contributed by atoms with E-state index < -0.39 is 0 Å². The Bertz CT molecular complexity index is 7950. The van der Waals surface area contributed by atoms with Gasteiger partial charge in [0.2, 0.25) is 5.89 Å². The van der Waals surface area contributed by atoms with E-state index in [4.69, 9.17) is 8.83 Å². The summed E-state index contributed by atoms with van der Waals surface area (Å²) in [6.45, 7) is 4.59. The summed E-state index contributed by atoms with van der Waals surface area (Å²) in [7, 11) is 0. The van der Waals surface area contributed by atoms with Crippen LogP contribution in [0.25, 0.3) is 113 Å². The average molecular weight is 2000 g/mol. The van der Waals surface area contributed by atoms with E-state index in [9.17, 15) is 33.6 Å². The van der Waals surface area contributed by atoms with E-state index in [-0.39, 0.29) is 52.0 Å². The molecule has 39 nitrogen and oxygen atoms in total. The minimum atomic E-state index is -0.210. The number of oxazole rings is 2. The maximum absolute atomic E-state index is 12.1. The zero-order valence-electron chi connectivity index (χ0n) is 78.6. The number of benzene rings is 3. The predicted molar refractivity (Wildman–Crippen MR) is 557 cm³/mol. The molecule has 24 rings (SSSR count). The zero-order chi connectivity index (χ0) is 101. The van der Waals surface area contributed by atoms with Gasteiger partial charge in [0.15, 0.2) is 6.39 Å². The highest BCUT2D eigenvalue weighted by atomic mass is 32.1. The van der Waals surface area contributed by atoms with Gasteiger partial charge in [-0.05, 0) is 163 Å². The smallest absolute Gasteiger partial charge is 0.267 e. The van der Waals surface area contributed by atoms with Crippen molar-refractivity contribution in [3.8, 4) is 79.7 Å². The van der Waals surface area contributed by atoms with Crippen LogP contribution in [0, 0.1) is 0 Å². The van der Waals surface area contributed by atoms with Crippen molar-refractivity contribution in [1.29, 1.82) is 0 Å². The maximum Gasteiger partial charge on any atom is 0.267 e. The summed E-state index contributed by atoms with van der Waals surface area (Å²) in [5.41, 5.74) is 14.8. The number of aromatic nitrogens is 30. The molecule has 0 radical (unpaired) electrons. The number of fused-ring (bicyclic) bond motifs is 3. The number of aryl methyl sites for hydroxylation is 6. The summed E-state index contributed by atoms with van der Waals surface area (Å²) in [6, 6.07) is 87.7. The molecule has 0 unspecified atom stereocenters. The summed E-state index contributed by atoms with van der Waals surface area (Å²) in [5.74, 6) is 1.01. The molecule has 0 aliphatic carbocycles. The van der Waals surface area contributed by atoms with E-state index in [2.05, 4.69) is 123 Å². The minimum Gasteiger partial charge on any atom is -0.447 e. The Kier molecular flexibility index (Phi) is 32.5. The number of thiazole rings is 2. The van der Waals surface area contributed by atoms with Gasteiger partial charge in [0, 0.05) is 139 Å². The van der Waals surface area contributed by atoms with Gasteiger partial charge < -0.3 is 18.0 Å². The van der Waals surface area contributed by atoms with Gasteiger partial charge in [-0.1, -0.05) is 91.0 Å². The van der Waals surface area contributed by atoms with Crippen molar-refractivity contribution in [3.05, 3.63) is 496 Å². The van der Waals surface area contributed by atoms with Crippen LogP contribution in [-0.4, -0.2) is 147 Å². The number of nitrogens with zero attached hydrogens (tertiary/aromatic N) is 30. The second-order valence-corrected chi connectivity index (χ2v) is 33.9. The number of para-hydroxylation sites is 4. The van der Waals surface area contributed by atoms with E-state index in [0.29, 0.717) is 115 Å². The van der Waals surface area contributed by atoms with Gasteiger partial charge in [-0.25, -0.2) is 52.7 Å². The van der Waals surface area contributed by atoms with E-state index in [1.807, 2.05) is 215 Å². The number of imidazole rings is 1. The highest BCUT2D eigenvalue weighted by Gasteiger charge is 2.16. The molecule has 41 heteroatoms. The number of rotatable bonds is 24. The molecule has 0 aliphatic rings. The molecular weight excluding hydrogens is 1910 g/mol. The molecule has 0 fully saturated rings. The SMILES string of the molecule is O=c1ccc(-c2ccccn2)nn1CCn1ccc2ccccc21.O=c1ccc(-c2ccccn2)nn1CCn1cnc2ccccc21.O=c1ccc(-c2ccccn2)nn1CCn1ncc2ccccc21.O=c1ccc(-c2ccccn2)nn1Cc1cnco1.O=c1ccc(-c2ccccn2)nn1Cc1cncs1.O=c1ccc(-c2ccccn2)nn1Cc1ncco1.O=c1ccc(-c2ccccn2)nn1Cc1nccs1. The summed E-state index contributed by atoms with van der Waals surface area (Å²) in [6.07, 6.45) is 26.9. The lowest BCUT2D eigenvalue weighted by molar-refractivity contribution is 0.457. The molecule has 3 aromatic carbocycles. The Hall–Kier alpha value is -20.0. The number of hydrogen-bond donors (Lipinski definition) is 0. The highest BCUT2D eigenvalue weighted by Crippen LogP contribution is 2.23. The third kappa shape index (κ3) is 26.2. The summed E-state index contributed by atoms with van der Waals surface area (Å²) < 4.78 is 26.2. The Balaban J connectivity index is 0.000000113. The Morgan fingerprint density at radius 2 is 0.642 bits per heavy atom. The Labute approximate surface area is 847 Å². The first-order chi connectivity index (χ1) is 72.7. The molecular formula is C107H86N30O9S2. The largest absolute Gasteiger partial charge is 0.447 e. The van der Waals surface area contributed by atoms with Gasteiger partial charge in [0.1, 0.15) is 70.0 Å². The minimum absolute atomic E-state index is 0.105. The molecule has 0 saturated carbocycles. The normalized spacial score (nSPS) is 10.8. The molecule has 0 amide bonds. The third-order valence-electron chi connectivity index (χ3n) is 22.1. The summed E-state index contributed by atoms with van der Waals surface area (Å²) in [4.78, 5) is 134. The monoisotopic (exact) mass is 2000 g/mol. The van der Waals surface area contributed by atoms with Crippen LogP contribution in [0.1, 0.15) is 21.5 Å². The van der Waals surface area contributed by atoms with Crippen molar-refractivity contribution in [2.75, 3.05) is 0 Å². The van der Waals surface area contributed by atoms with Crippen LogP contribution in [0.15, 0.2) is 444 Å². The lowest BCUT2D eigenvalue weighted by Gasteiger charge is -2.09. The van der Waals surface area contributed by atoms with Crippen molar-refractivity contribution in [2.24, 2.45) is 0 Å². The van der Waals surface area contributed by atoms with E-state index in [1.165, 1.54) is 116 Å². The average Bonchev–Trinajstić information content (AvgIpc) is 1.68. The van der Waals surface area contributed by atoms with E-state index in [1.54, 1.807) is 122 Å². The maximum atomic E-state index is 12.1. The van der Waals surface area contributed by atoms with Crippen molar-refractivity contribution >= 4 is 55.5 Å². The van der Waals surface area contributed by atoms with Crippen LogP contribution in [0.2, 0.25) is 0 Å². The molecule has 0 aliphatic heterocycles. The van der Waals surface area contributed by atoms with Gasteiger partial charge in [-0.3, -0.25) is 78.1 Å². The lowest BCUT2D eigenvalue weighted by Crippen LogP contribution is -2.24. The Morgan fingerprint density at radius 1 is 0.257 bits per heavy atom. The van der Waals surface area contributed by atoms with Crippen molar-refractivity contribution in [2.45, 2.75) is 65.4 Å². The van der Waals surface area contributed by atoms with Gasteiger partial charge in [-0.2, -0.15) is 40.8 Å². The number of hydrogen-bond acceptors (Lipinski definition) is 31. The standard InChI is InChI=1S/C19H16N4O.2C18H15N5O.2C13H10N4O2.2C13H10N4OS/c24-19-9-8-17(16-6-3-4-11-20-16)21-23(19)14-13-22-12-10-15-5-1-2-7-18(15)22;24-18-9-8-15(14-5-3-4-10-19-14)21-23(18)12-11-22-13-20-16-6-1-2-7-17(16)22;24-18-9-8-16(15-6-3-4-10-19-15)21-23(18)12-11-22-17-7-2-1-5-14(17)13-20-22;18-13-5-4-12(11-3-1-2-6-15-11)16-17(13)8-10-7-14-9-19-10;18-13-5-4-11(10-3-1-2-6-14-10)16-17(13)9-12-15-7-8-19-12;18-13-5-4-12(11-3-1-2-6-15-11)16-17(13)8-10-7-14-9-19-10;18-13-5-4-11(10-3-1-2-6-14-10)16-17(13)9-12-15-7-8-19-12/h1-12H,13-14H2;2*1-10,13H,11-12H2;1-7,9H,8H2;1-8H,9H2;1-7,9H,8H2;1-8H,9H2. The van der Waals surface area contributed by atoms with Crippen LogP contribution in [0.5, 0.6) is 0 Å². The third-order valence-corrected chi connectivity index (χ3v) is 23.6. The van der Waals surface area contributed by atoms with E-state index >= 15 is 0 Å². The van der Waals surface area contributed by atoms with E-state index in [0.717, 1.165) is 65.8 Å². The first-order valence-electron chi connectivity index (χ1n) is 46.1. The molecule has 0 saturated heterocycles. The van der Waals surface area contributed by atoms with Crippen LogP contribution < -0.4 is 38.9 Å². The summed E-state index contributed by atoms with van der Waals surface area (Å²) >= 11 is 3.00. The first-order valence-corrected chi connectivity index (χ1v) is 47.8. The Morgan fingerprint density at radius 3 is 1.05 bits per heavy atom. The molecule has 21 aromatic heterocycles. The van der Waals surface area contributed by atoms with Crippen LogP contribution in [0.4, 0.5) is 0 Å². The fraction of sp³-hybridized carbons (Fsp3) is 0.0935. The molecule has 0 N–H and O–H groups in total. The molecule has 148 heavy (non-hydrogen) atoms. The number of pyridine rings is 7. The van der Waals surface area contributed by atoms with Crippen molar-refractivity contribution in [3.63, 3.8) is 0 Å². The fourth-order valence-electron chi connectivity index (χ4n) is 14.8. The van der Waals surface area contributed by atoms with Crippen molar-refractivity contribution in [1.82, 2.24) is 147 Å². The molecule has 0 spiro atoms.